The van der Waals surface area contributed by atoms with Crippen LogP contribution in [0.4, 0.5) is 0 Å². The van der Waals surface area contributed by atoms with Crippen molar-refractivity contribution in [3.63, 3.8) is 0 Å². The van der Waals surface area contributed by atoms with E-state index in [-0.39, 0.29) is 6.10 Å². The molecule has 0 saturated heterocycles. The molecular weight excluding hydrogens is 226 g/mol. The monoisotopic (exact) mass is 251 g/mol. The molecule has 0 bridgehead atoms. The van der Waals surface area contributed by atoms with Crippen LogP contribution in [0.2, 0.25) is 0 Å². The van der Waals surface area contributed by atoms with E-state index in [2.05, 4.69) is 31.3 Å². The molecule has 0 heterocycles. The van der Waals surface area contributed by atoms with E-state index >= 15 is 0 Å². The van der Waals surface area contributed by atoms with Crippen LogP contribution in [-0.2, 0) is 4.74 Å². The lowest BCUT2D eigenvalue weighted by Crippen LogP contribution is -2.25. The third-order valence-corrected chi connectivity index (χ3v) is 2.99. The number of hydrogen-bond donors (Lipinski definition) is 1. The Morgan fingerprint density at radius 1 is 1.28 bits per heavy atom. The quantitative estimate of drug-likeness (QED) is 0.770. The average Bonchev–Trinajstić information content (AvgIpc) is 2.39. The number of ether oxygens (including phenoxy) is 2. The molecule has 2 atom stereocenters. The predicted molar refractivity (Wildman–Crippen MR) is 75.1 cm³/mol. The molecular formula is C15H25NO2. The summed E-state index contributed by atoms with van der Waals surface area (Å²) < 4.78 is 10.9. The van der Waals surface area contributed by atoms with Gasteiger partial charge >= 0.3 is 0 Å². The van der Waals surface area contributed by atoms with E-state index in [1.807, 2.05) is 19.1 Å². The Hall–Kier alpha value is -1.06. The van der Waals surface area contributed by atoms with Gasteiger partial charge in [-0.15, -0.1) is 0 Å². The molecule has 2 unspecified atom stereocenters. The van der Waals surface area contributed by atoms with Crippen molar-refractivity contribution >= 4 is 0 Å². The SMILES string of the molecule is CCNC(CC(C)OC)c1cccc(OCC)c1. The van der Waals surface area contributed by atoms with E-state index in [0.29, 0.717) is 12.6 Å². The van der Waals surface area contributed by atoms with Crippen LogP contribution >= 0.6 is 0 Å². The first kappa shape index (κ1) is 15.0. The molecule has 3 nitrogen and oxygen atoms in total. The Kier molecular flexibility index (Phi) is 6.76. The summed E-state index contributed by atoms with van der Waals surface area (Å²) in [4.78, 5) is 0. The molecule has 18 heavy (non-hydrogen) atoms. The summed E-state index contributed by atoms with van der Waals surface area (Å²) in [6.45, 7) is 7.86. The standard InChI is InChI=1S/C15H25NO2/c1-5-16-15(10-12(3)17-4)13-8-7-9-14(11-13)18-6-2/h7-9,11-12,15-16H,5-6,10H2,1-4H3. The van der Waals surface area contributed by atoms with Crippen LogP contribution in [0.3, 0.4) is 0 Å². The Balaban J connectivity index is 2.80. The largest absolute Gasteiger partial charge is 0.494 e. The van der Waals surface area contributed by atoms with Crippen molar-refractivity contribution in [3.05, 3.63) is 29.8 Å². The van der Waals surface area contributed by atoms with E-state index in [1.165, 1.54) is 5.56 Å². The molecule has 3 heteroatoms. The van der Waals surface area contributed by atoms with Crippen molar-refractivity contribution < 1.29 is 9.47 Å². The zero-order valence-electron chi connectivity index (χ0n) is 11.9. The second-order valence-corrected chi connectivity index (χ2v) is 4.40. The minimum Gasteiger partial charge on any atom is -0.494 e. The fraction of sp³-hybridized carbons (Fsp3) is 0.600. The molecule has 0 amide bonds. The summed E-state index contributed by atoms with van der Waals surface area (Å²) in [7, 11) is 1.75. The summed E-state index contributed by atoms with van der Waals surface area (Å²) in [6.07, 6.45) is 1.20. The van der Waals surface area contributed by atoms with Gasteiger partial charge in [0.1, 0.15) is 5.75 Å². The molecule has 1 aromatic rings. The number of nitrogens with one attached hydrogen (secondary N) is 1. The van der Waals surface area contributed by atoms with Crippen molar-refractivity contribution in [1.29, 1.82) is 0 Å². The Bertz CT molecular complexity index is 341. The maximum atomic E-state index is 5.55. The van der Waals surface area contributed by atoms with Crippen LogP contribution in [0.5, 0.6) is 5.75 Å². The van der Waals surface area contributed by atoms with Gasteiger partial charge in [0.15, 0.2) is 0 Å². The molecule has 0 aliphatic heterocycles. The maximum Gasteiger partial charge on any atom is 0.119 e. The third-order valence-electron chi connectivity index (χ3n) is 2.99. The molecule has 0 aliphatic rings. The van der Waals surface area contributed by atoms with Crippen LogP contribution in [-0.4, -0.2) is 26.4 Å². The minimum atomic E-state index is 0.241. The van der Waals surface area contributed by atoms with Gasteiger partial charge in [0.25, 0.3) is 0 Å². The normalized spacial score (nSPS) is 14.2. The number of benzene rings is 1. The van der Waals surface area contributed by atoms with Gasteiger partial charge < -0.3 is 14.8 Å². The third kappa shape index (κ3) is 4.67. The second kappa shape index (κ2) is 8.11. The molecule has 102 valence electrons. The minimum absolute atomic E-state index is 0.241. The van der Waals surface area contributed by atoms with Gasteiger partial charge in [0, 0.05) is 13.2 Å². The van der Waals surface area contributed by atoms with E-state index in [1.54, 1.807) is 7.11 Å². The van der Waals surface area contributed by atoms with Gasteiger partial charge in [-0.1, -0.05) is 19.1 Å². The van der Waals surface area contributed by atoms with Gasteiger partial charge in [0.2, 0.25) is 0 Å². The van der Waals surface area contributed by atoms with Crippen molar-refractivity contribution in [3.8, 4) is 5.75 Å². The molecule has 1 rings (SSSR count). The smallest absolute Gasteiger partial charge is 0.119 e. The Morgan fingerprint density at radius 3 is 2.67 bits per heavy atom. The zero-order valence-corrected chi connectivity index (χ0v) is 11.9. The number of hydrogen-bond acceptors (Lipinski definition) is 3. The first-order valence-corrected chi connectivity index (χ1v) is 6.70. The van der Waals surface area contributed by atoms with E-state index < -0.39 is 0 Å². The fourth-order valence-electron chi connectivity index (χ4n) is 2.00. The fourth-order valence-corrected chi connectivity index (χ4v) is 2.00. The highest BCUT2D eigenvalue weighted by atomic mass is 16.5. The summed E-state index contributed by atoms with van der Waals surface area (Å²) in [6, 6.07) is 8.60. The molecule has 0 aliphatic carbocycles. The second-order valence-electron chi connectivity index (χ2n) is 4.40. The lowest BCUT2D eigenvalue weighted by molar-refractivity contribution is 0.101. The zero-order chi connectivity index (χ0) is 13.4. The van der Waals surface area contributed by atoms with Crippen molar-refractivity contribution in [2.24, 2.45) is 0 Å². The topological polar surface area (TPSA) is 30.5 Å². The highest BCUT2D eigenvalue weighted by Crippen LogP contribution is 2.23. The van der Waals surface area contributed by atoms with Gasteiger partial charge in [-0.3, -0.25) is 0 Å². The molecule has 0 spiro atoms. The van der Waals surface area contributed by atoms with Gasteiger partial charge in [-0.05, 0) is 44.5 Å². The van der Waals surface area contributed by atoms with Crippen molar-refractivity contribution in [1.82, 2.24) is 5.32 Å². The van der Waals surface area contributed by atoms with E-state index in [0.717, 1.165) is 18.7 Å². The van der Waals surface area contributed by atoms with Crippen LogP contribution in [0.15, 0.2) is 24.3 Å². The molecule has 0 saturated carbocycles. The van der Waals surface area contributed by atoms with Crippen LogP contribution in [0.1, 0.15) is 38.8 Å². The van der Waals surface area contributed by atoms with E-state index in [4.69, 9.17) is 9.47 Å². The lowest BCUT2D eigenvalue weighted by atomic mass is 10.0. The summed E-state index contributed by atoms with van der Waals surface area (Å²) in [5, 5.41) is 3.50. The Morgan fingerprint density at radius 2 is 2.06 bits per heavy atom. The van der Waals surface area contributed by atoms with Gasteiger partial charge in [0.05, 0.1) is 12.7 Å². The number of rotatable bonds is 8. The molecule has 1 N–H and O–H groups in total. The van der Waals surface area contributed by atoms with Crippen LogP contribution in [0, 0.1) is 0 Å². The predicted octanol–water partition coefficient (Wildman–Crippen LogP) is 3.16. The molecule has 0 aromatic heterocycles. The van der Waals surface area contributed by atoms with E-state index in [9.17, 15) is 0 Å². The highest BCUT2D eigenvalue weighted by Gasteiger charge is 2.14. The van der Waals surface area contributed by atoms with Crippen molar-refractivity contribution in [2.45, 2.75) is 39.3 Å². The summed E-state index contributed by atoms with van der Waals surface area (Å²) in [5.74, 6) is 0.933. The van der Waals surface area contributed by atoms with Crippen LogP contribution in [0.25, 0.3) is 0 Å². The van der Waals surface area contributed by atoms with Crippen molar-refractivity contribution in [2.75, 3.05) is 20.3 Å². The van der Waals surface area contributed by atoms with Gasteiger partial charge in [-0.2, -0.15) is 0 Å². The first-order valence-electron chi connectivity index (χ1n) is 6.70. The average molecular weight is 251 g/mol. The molecule has 0 fully saturated rings. The summed E-state index contributed by atoms with van der Waals surface area (Å²) in [5.41, 5.74) is 1.26. The molecule has 1 aromatic carbocycles. The Labute approximate surface area is 110 Å². The highest BCUT2D eigenvalue weighted by molar-refractivity contribution is 5.30. The molecule has 0 radical (unpaired) electrons. The van der Waals surface area contributed by atoms with Gasteiger partial charge in [-0.25, -0.2) is 0 Å². The lowest BCUT2D eigenvalue weighted by Gasteiger charge is -2.22. The number of methoxy groups -OCH3 is 1. The maximum absolute atomic E-state index is 5.55. The van der Waals surface area contributed by atoms with Crippen LogP contribution < -0.4 is 10.1 Å². The first-order chi connectivity index (χ1) is 8.71. The summed E-state index contributed by atoms with van der Waals surface area (Å²) >= 11 is 0.